The number of hydrogen-bond acceptors (Lipinski definition) is 4. The number of aryl methyl sites for hydroxylation is 1. The zero-order valence-electron chi connectivity index (χ0n) is 15.7. The number of nitrogens with zero attached hydrogens (tertiary/aromatic N) is 1. The van der Waals surface area contributed by atoms with Crippen LogP contribution in [0.3, 0.4) is 0 Å². The van der Waals surface area contributed by atoms with Crippen molar-refractivity contribution in [2.75, 3.05) is 19.6 Å². The first kappa shape index (κ1) is 20.6. The number of carbonyl (C=O) groups excluding carboxylic acids is 2. The third kappa shape index (κ3) is 4.66. The fourth-order valence-corrected chi connectivity index (χ4v) is 5.83. The Morgan fingerprint density at radius 2 is 2.19 bits per heavy atom. The molecule has 4 heterocycles. The van der Waals surface area contributed by atoms with Gasteiger partial charge >= 0.3 is 0 Å². The van der Waals surface area contributed by atoms with Crippen LogP contribution in [-0.4, -0.2) is 48.4 Å². The standard InChI is InChI=1S/C20H29N3O2S.ClH/c24-19(7-1-4-16-5-3-9-26-16)22-13-18-15-10-14(11-21-12-15)17-6-2-8-20(25)23(17)18;/h3,5,9,14-15,17-18,21H,1-2,4,6-8,10-13H2,(H,22,24);1H/t14-,15+,17+,18+;/m1./s1. The minimum Gasteiger partial charge on any atom is -0.354 e. The van der Waals surface area contributed by atoms with Crippen molar-refractivity contribution in [3.05, 3.63) is 22.4 Å². The Morgan fingerprint density at radius 3 is 3.00 bits per heavy atom. The number of hydrogen-bond donors (Lipinski definition) is 2. The first-order valence-corrected chi connectivity index (χ1v) is 10.9. The minimum atomic E-state index is 0. The Bertz CT molecular complexity index is 639. The molecule has 0 unspecified atom stereocenters. The van der Waals surface area contributed by atoms with Gasteiger partial charge in [-0.15, -0.1) is 23.7 Å². The second-order valence-electron chi connectivity index (χ2n) is 7.98. The second-order valence-corrected chi connectivity index (χ2v) is 9.01. The molecule has 0 aromatic carbocycles. The lowest BCUT2D eigenvalue weighted by atomic mass is 9.72. The molecule has 1 aromatic rings. The maximum absolute atomic E-state index is 12.6. The van der Waals surface area contributed by atoms with E-state index in [-0.39, 0.29) is 24.4 Å². The van der Waals surface area contributed by atoms with E-state index in [4.69, 9.17) is 0 Å². The molecule has 3 fully saturated rings. The van der Waals surface area contributed by atoms with Crippen molar-refractivity contribution in [2.45, 2.75) is 57.0 Å². The zero-order chi connectivity index (χ0) is 17.9. The molecule has 2 bridgehead atoms. The molecule has 3 aliphatic heterocycles. The summed E-state index contributed by atoms with van der Waals surface area (Å²) >= 11 is 1.75. The van der Waals surface area contributed by atoms with Crippen molar-refractivity contribution in [2.24, 2.45) is 11.8 Å². The number of halogens is 1. The molecular formula is C20H30ClN3O2S. The van der Waals surface area contributed by atoms with E-state index in [0.717, 1.165) is 38.8 Å². The highest BCUT2D eigenvalue weighted by Gasteiger charge is 2.47. The number of amides is 2. The number of nitrogens with one attached hydrogen (secondary N) is 2. The first-order valence-electron chi connectivity index (χ1n) is 10.0. The third-order valence-electron chi connectivity index (χ3n) is 6.32. The van der Waals surface area contributed by atoms with Crippen molar-refractivity contribution in [1.29, 1.82) is 0 Å². The Morgan fingerprint density at radius 1 is 1.33 bits per heavy atom. The van der Waals surface area contributed by atoms with E-state index >= 15 is 0 Å². The largest absolute Gasteiger partial charge is 0.354 e. The highest BCUT2D eigenvalue weighted by Crippen LogP contribution is 2.39. The van der Waals surface area contributed by atoms with Gasteiger partial charge in [0.25, 0.3) is 0 Å². The van der Waals surface area contributed by atoms with E-state index in [1.807, 2.05) is 0 Å². The van der Waals surface area contributed by atoms with Gasteiger partial charge < -0.3 is 15.5 Å². The van der Waals surface area contributed by atoms with Gasteiger partial charge in [0.05, 0.1) is 6.04 Å². The third-order valence-corrected chi connectivity index (χ3v) is 7.25. The van der Waals surface area contributed by atoms with E-state index in [0.29, 0.717) is 43.2 Å². The topological polar surface area (TPSA) is 61.4 Å². The van der Waals surface area contributed by atoms with Crippen LogP contribution >= 0.6 is 23.7 Å². The van der Waals surface area contributed by atoms with E-state index in [1.165, 1.54) is 11.3 Å². The van der Waals surface area contributed by atoms with E-state index in [2.05, 4.69) is 33.0 Å². The fourth-order valence-electron chi connectivity index (χ4n) is 5.08. The zero-order valence-corrected chi connectivity index (χ0v) is 17.3. The molecule has 3 aliphatic rings. The van der Waals surface area contributed by atoms with Crippen molar-refractivity contribution < 1.29 is 9.59 Å². The quantitative estimate of drug-likeness (QED) is 0.756. The van der Waals surface area contributed by atoms with Crippen LogP contribution in [-0.2, 0) is 16.0 Å². The summed E-state index contributed by atoms with van der Waals surface area (Å²) in [5.41, 5.74) is 0. The van der Waals surface area contributed by atoms with Crippen LogP contribution in [0, 0.1) is 11.8 Å². The number of piperidine rings is 3. The molecule has 150 valence electrons. The summed E-state index contributed by atoms with van der Waals surface area (Å²) in [6.45, 7) is 2.61. The van der Waals surface area contributed by atoms with Gasteiger partial charge in [0.15, 0.2) is 0 Å². The molecule has 7 heteroatoms. The van der Waals surface area contributed by atoms with Gasteiger partial charge in [0.1, 0.15) is 0 Å². The van der Waals surface area contributed by atoms with Crippen molar-refractivity contribution in [1.82, 2.24) is 15.5 Å². The van der Waals surface area contributed by atoms with Gasteiger partial charge in [0, 0.05) is 36.9 Å². The summed E-state index contributed by atoms with van der Waals surface area (Å²) in [7, 11) is 0. The highest BCUT2D eigenvalue weighted by atomic mass is 35.5. The minimum absolute atomic E-state index is 0. The average Bonchev–Trinajstić information content (AvgIpc) is 3.16. The molecule has 1 aromatic heterocycles. The predicted molar refractivity (Wildman–Crippen MR) is 110 cm³/mol. The lowest BCUT2D eigenvalue weighted by Gasteiger charge is -2.54. The number of carbonyl (C=O) groups is 2. The van der Waals surface area contributed by atoms with Crippen LogP contribution in [0.2, 0.25) is 0 Å². The Balaban J connectivity index is 0.00000210. The smallest absolute Gasteiger partial charge is 0.223 e. The molecule has 0 spiro atoms. The molecule has 5 nitrogen and oxygen atoms in total. The van der Waals surface area contributed by atoms with Gasteiger partial charge in [-0.05, 0) is 61.9 Å². The Kier molecular flexibility index (Phi) is 7.17. The monoisotopic (exact) mass is 411 g/mol. The highest BCUT2D eigenvalue weighted by molar-refractivity contribution is 7.09. The Labute approximate surface area is 171 Å². The van der Waals surface area contributed by atoms with Gasteiger partial charge in [-0.1, -0.05) is 6.07 Å². The van der Waals surface area contributed by atoms with Crippen molar-refractivity contribution >= 4 is 35.6 Å². The van der Waals surface area contributed by atoms with Crippen LogP contribution < -0.4 is 10.6 Å². The van der Waals surface area contributed by atoms with Gasteiger partial charge in [-0.3, -0.25) is 9.59 Å². The second kappa shape index (κ2) is 9.39. The molecule has 2 N–H and O–H groups in total. The summed E-state index contributed by atoms with van der Waals surface area (Å²) in [5, 5.41) is 8.76. The van der Waals surface area contributed by atoms with Crippen molar-refractivity contribution in [3.63, 3.8) is 0 Å². The molecule has 0 radical (unpaired) electrons. The fraction of sp³-hybridized carbons (Fsp3) is 0.700. The number of thiophene rings is 1. The molecule has 2 amide bonds. The van der Waals surface area contributed by atoms with Crippen LogP contribution in [0.25, 0.3) is 0 Å². The van der Waals surface area contributed by atoms with E-state index in [1.54, 1.807) is 11.3 Å². The first-order chi connectivity index (χ1) is 12.7. The molecule has 4 rings (SSSR count). The molecule has 3 saturated heterocycles. The van der Waals surface area contributed by atoms with Gasteiger partial charge in [0.2, 0.25) is 11.8 Å². The molecule has 0 aliphatic carbocycles. The average molecular weight is 412 g/mol. The van der Waals surface area contributed by atoms with Crippen LogP contribution in [0.1, 0.15) is 43.4 Å². The maximum atomic E-state index is 12.6. The number of fused-ring (bicyclic) bond motifs is 4. The van der Waals surface area contributed by atoms with Crippen LogP contribution in [0.5, 0.6) is 0 Å². The van der Waals surface area contributed by atoms with Gasteiger partial charge in [-0.25, -0.2) is 0 Å². The summed E-state index contributed by atoms with van der Waals surface area (Å²) < 4.78 is 0. The molecule has 4 atom stereocenters. The normalized spacial score (nSPS) is 29.6. The van der Waals surface area contributed by atoms with Gasteiger partial charge in [-0.2, -0.15) is 0 Å². The predicted octanol–water partition coefficient (Wildman–Crippen LogP) is 2.60. The molecule has 0 saturated carbocycles. The molecular weight excluding hydrogens is 382 g/mol. The lowest BCUT2D eigenvalue weighted by molar-refractivity contribution is -0.149. The lowest BCUT2D eigenvalue weighted by Crippen LogP contribution is -2.66. The summed E-state index contributed by atoms with van der Waals surface area (Å²) in [6, 6.07) is 4.72. The summed E-state index contributed by atoms with van der Waals surface area (Å²) in [5.74, 6) is 1.48. The maximum Gasteiger partial charge on any atom is 0.223 e. The summed E-state index contributed by atoms with van der Waals surface area (Å²) in [4.78, 5) is 28.4. The molecule has 27 heavy (non-hydrogen) atoms. The Hall–Kier alpha value is -1.11. The van der Waals surface area contributed by atoms with Crippen LogP contribution in [0.15, 0.2) is 17.5 Å². The van der Waals surface area contributed by atoms with E-state index in [9.17, 15) is 9.59 Å². The number of rotatable bonds is 6. The summed E-state index contributed by atoms with van der Waals surface area (Å²) in [6.07, 6.45) is 6.42. The SMILES string of the molecule is Cl.O=C(CCCc1cccs1)NC[C@H]1[C@@H]2CNC[C@@H](C2)[C@@H]2CCCC(=O)N21. The van der Waals surface area contributed by atoms with E-state index < -0.39 is 0 Å². The van der Waals surface area contributed by atoms with Crippen LogP contribution in [0.4, 0.5) is 0 Å². The van der Waals surface area contributed by atoms with Crippen molar-refractivity contribution in [3.8, 4) is 0 Å².